The fraction of sp³-hybridized carbons (Fsp3) is 0.458. The van der Waals surface area contributed by atoms with Gasteiger partial charge in [-0.05, 0) is 55.5 Å². The molecule has 1 amide bonds. The van der Waals surface area contributed by atoms with Crippen molar-refractivity contribution in [3.8, 4) is 0 Å². The molecule has 2 N–H and O–H groups in total. The Labute approximate surface area is 169 Å². The minimum absolute atomic E-state index is 0.0500. The Morgan fingerprint density at radius 3 is 2.43 bits per heavy atom. The molecule has 0 radical (unpaired) electrons. The van der Waals surface area contributed by atoms with Gasteiger partial charge in [-0.3, -0.25) is 4.79 Å². The van der Waals surface area contributed by atoms with Gasteiger partial charge in [-0.1, -0.05) is 43.3 Å². The highest BCUT2D eigenvalue weighted by Gasteiger charge is 2.24. The van der Waals surface area contributed by atoms with Crippen LogP contribution in [0.1, 0.15) is 42.1 Å². The summed E-state index contributed by atoms with van der Waals surface area (Å²) in [5.41, 5.74) is 6.54. The van der Waals surface area contributed by atoms with E-state index < -0.39 is 0 Å². The quantitative estimate of drug-likeness (QED) is 0.808. The van der Waals surface area contributed by atoms with Crippen molar-refractivity contribution in [1.82, 2.24) is 5.32 Å². The summed E-state index contributed by atoms with van der Waals surface area (Å²) in [6.07, 6.45) is 1.04. The Morgan fingerprint density at radius 1 is 1.11 bits per heavy atom. The summed E-state index contributed by atoms with van der Waals surface area (Å²) >= 11 is 0. The molecule has 150 valence electrons. The number of benzene rings is 2. The normalized spacial score (nSPS) is 16.1. The monoisotopic (exact) mass is 380 g/mol. The number of carbonyl (C=O) groups is 1. The van der Waals surface area contributed by atoms with Crippen molar-refractivity contribution in [2.75, 3.05) is 37.6 Å². The first-order valence-electron chi connectivity index (χ1n) is 10.5. The van der Waals surface area contributed by atoms with E-state index in [1.54, 1.807) is 0 Å². The molecule has 1 fully saturated rings. The molecule has 0 unspecified atom stereocenters. The second-order valence-electron chi connectivity index (χ2n) is 8.02. The standard InChI is InChI=1S/C24H33N3O/c1-5-21-9-11-22(12-10-21)20(4)25-24(28)17-26-13-15-27(16-14-26)23-8-6-7-18(2)19(23)3/h6-12,20H,5,13-17H2,1-4H3,(H,25,28)/p+1/t20-/m1/s1. The largest absolute Gasteiger partial charge is 0.360 e. The Kier molecular flexibility index (Phi) is 6.74. The van der Waals surface area contributed by atoms with Crippen LogP contribution in [0.3, 0.4) is 0 Å². The fourth-order valence-corrected chi connectivity index (χ4v) is 3.96. The maximum atomic E-state index is 12.5. The van der Waals surface area contributed by atoms with Gasteiger partial charge in [0.1, 0.15) is 0 Å². The molecule has 4 nitrogen and oxygen atoms in total. The first kappa shape index (κ1) is 20.4. The number of anilines is 1. The smallest absolute Gasteiger partial charge is 0.275 e. The summed E-state index contributed by atoms with van der Waals surface area (Å²) in [6.45, 7) is 13.1. The zero-order chi connectivity index (χ0) is 20.1. The number of carbonyl (C=O) groups excluding carboxylic acids is 1. The number of hydrogen-bond donors (Lipinski definition) is 2. The maximum Gasteiger partial charge on any atom is 0.275 e. The fourth-order valence-electron chi connectivity index (χ4n) is 3.96. The number of amides is 1. The molecule has 2 aromatic carbocycles. The van der Waals surface area contributed by atoms with E-state index in [0.717, 1.165) is 32.6 Å². The predicted octanol–water partition coefficient (Wildman–Crippen LogP) is 2.45. The van der Waals surface area contributed by atoms with Gasteiger partial charge in [0.2, 0.25) is 0 Å². The second-order valence-corrected chi connectivity index (χ2v) is 8.02. The van der Waals surface area contributed by atoms with E-state index in [-0.39, 0.29) is 11.9 Å². The Balaban J connectivity index is 1.48. The molecular weight excluding hydrogens is 346 g/mol. The van der Waals surface area contributed by atoms with Crippen LogP contribution in [0.15, 0.2) is 42.5 Å². The van der Waals surface area contributed by atoms with E-state index in [9.17, 15) is 4.79 Å². The number of rotatable bonds is 6. The number of aryl methyl sites for hydroxylation is 2. The van der Waals surface area contributed by atoms with Crippen LogP contribution in [0.5, 0.6) is 0 Å². The van der Waals surface area contributed by atoms with Crippen LogP contribution in [-0.4, -0.2) is 38.6 Å². The number of piperazine rings is 1. The zero-order valence-electron chi connectivity index (χ0n) is 17.7. The third-order valence-corrected chi connectivity index (χ3v) is 6.06. The molecule has 2 aromatic rings. The van der Waals surface area contributed by atoms with Crippen LogP contribution in [0.4, 0.5) is 5.69 Å². The summed E-state index contributed by atoms with van der Waals surface area (Å²) in [4.78, 5) is 16.4. The van der Waals surface area contributed by atoms with Crippen molar-refractivity contribution in [3.05, 3.63) is 64.7 Å². The lowest BCUT2D eigenvalue weighted by Crippen LogP contribution is -3.16. The number of nitrogens with zero attached hydrogens (tertiary/aromatic N) is 1. The maximum absolute atomic E-state index is 12.5. The molecule has 0 aromatic heterocycles. The van der Waals surface area contributed by atoms with Crippen molar-refractivity contribution >= 4 is 11.6 Å². The van der Waals surface area contributed by atoms with E-state index >= 15 is 0 Å². The Bertz CT molecular complexity index is 792. The lowest BCUT2D eigenvalue weighted by atomic mass is 10.0. The highest BCUT2D eigenvalue weighted by molar-refractivity contribution is 5.77. The van der Waals surface area contributed by atoms with Crippen LogP contribution in [0.2, 0.25) is 0 Å². The number of nitrogens with one attached hydrogen (secondary N) is 2. The van der Waals surface area contributed by atoms with Crippen LogP contribution < -0.4 is 15.1 Å². The predicted molar refractivity (Wildman–Crippen MR) is 116 cm³/mol. The molecule has 3 rings (SSSR count). The highest BCUT2D eigenvalue weighted by Crippen LogP contribution is 2.22. The van der Waals surface area contributed by atoms with Gasteiger partial charge in [-0.25, -0.2) is 0 Å². The van der Waals surface area contributed by atoms with E-state index in [2.05, 4.69) is 80.4 Å². The number of hydrogen-bond acceptors (Lipinski definition) is 2. The lowest BCUT2D eigenvalue weighted by molar-refractivity contribution is -0.892. The van der Waals surface area contributed by atoms with E-state index in [1.165, 1.54) is 32.8 Å². The van der Waals surface area contributed by atoms with Crippen LogP contribution in [-0.2, 0) is 11.2 Å². The molecule has 0 bridgehead atoms. The first-order valence-corrected chi connectivity index (χ1v) is 10.5. The highest BCUT2D eigenvalue weighted by atomic mass is 16.2. The molecule has 0 aliphatic carbocycles. The van der Waals surface area contributed by atoms with Crippen molar-refractivity contribution in [2.24, 2.45) is 0 Å². The molecule has 28 heavy (non-hydrogen) atoms. The van der Waals surface area contributed by atoms with Gasteiger partial charge in [0.15, 0.2) is 6.54 Å². The summed E-state index contributed by atoms with van der Waals surface area (Å²) < 4.78 is 0. The SMILES string of the molecule is CCc1ccc([C@@H](C)NC(=O)C[NH+]2CCN(c3cccc(C)c3C)CC2)cc1. The molecular formula is C24H34N3O+. The van der Waals surface area contributed by atoms with E-state index in [0.29, 0.717) is 6.54 Å². The van der Waals surface area contributed by atoms with Crippen molar-refractivity contribution in [2.45, 2.75) is 40.2 Å². The number of quaternary nitrogens is 1. The first-order chi connectivity index (χ1) is 13.5. The molecule has 1 heterocycles. The average Bonchev–Trinajstić information content (AvgIpc) is 2.71. The van der Waals surface area contributed by atoms with Gasteiger partial charge >= 0.3 is 0 Å². The molecule has 0 saturated carbocycles. The minimum Gasteiger partial charge on any atom is -0.360 e. The minimum atomic E-state index is 0.0500. The summed E-state index contributed by atoms with van der Waals surface area (Å²) in [6, 6.07) is 15.1. The molecule has 1 aliphatic heterocycles. The van der Waals surface area contributed by atoms with E-state index in [1.807, 2.05) is 0 Å². The molecule has 1 atom stereocenters. The Morgan fingerprint density at radius 2 is 1.79 bits per heavy atom. The van der Waals surface area contributed by atoms with Crippen molar-refractivity contribution in [3.63, 3.8) is 0 Å². The summed E-state index contributed by atoms with van der Waals surface area (Å²) in [7, 11) is 0. The zero-order valence-corrected chi connectivity index (χ0v) is 17.7. The van der Waals surface area contributed by atoms with Gasteiger partial charge < -0.3 is 15.1 Å². The molecule has 1 aliphatic rings. The van der Waals surface area contributed by atoms with Gasteiger partial charge in [0.25, 0.3) is 5.91 Å². The molecule has 4 heteroatoms. The van der Waals surface area contributed by atoms with Crippen molar-refractivity contribution in [1.29, 1.82) is 0 Å². The lowest BCUT2D eigenvalue weighted by Gasteiger charge is -2.34. The Hall–Kier alpha value is -2.33. The van der Waals surface area contributed by atoms with Gasteiger partial charge in [0, 0.05) is 5.69 Å². The van der Waals surface area contributed by atoms with Gasteiger partial charge in [-0.15, -0.1) is 0 Å². The van der Waals surface area contributed by atoms with Crippen LogP contribution in [0.25, 0.3) is 0 Å². The topological polar surface area (TPSA) is 36.8 Å². The molecule has 0 spiro atoms. The van der Waals surface area contributed by atoms with Gasteiger partial charge in [0.05, 0.1) is 32.2 Å². The summed E-state index contributed by atoms with van der Waals surface area (Å²) in [5, 5.41) is 3.17. The van der Waals surface area contributed by atoms with Crippen LogP contribution >= 0.6 is 0 Å². The third-order valence-electron chi connectivity index (χ3n) is 6.06. The molecule has 1 saturated heterocycles. The van der Waals surface area contributed by atoms with Gasteiger partial charge in [-0.2, -0.15) is 0 Å². The third kappa shape index (κ3) is 4.93. The van der Waals surface area contributed by atoms with E-state index in [4.69, 9.17) is 0 Å². The summed E-state index contributed by atoms with van der Waals surface area (Å²) in [5.74, 6) is 0.141. The van der Waals surface area contributed by atoms with Crippen LogP contribution in [0, 0.1) is 13.8 Å². The second kappa shape index (κ2) is 9.24. The van der Waals surface area contributed by atoms with Crippen molar-refractivity contribution < 1.29 is 9.69 Å². The average molecular weight is 381 g/mol.